The van der Waals surface area contributed by atoms with E-state index in [1.165, 1.54) is 33.1 Å². The first-order chi connectivity index (χ1) is 15.7. The van der Waals surface area contributed by atoms with Gasteiger partial charge in [0.2, 0.25) is 5.88 Å². The van der Waals surface area contributed by atoms with E-state index in [1.54, 1.807) is 4.90 Å². The van der Waals surface area contributed by atoms with Crippen LogP contribution in [-0.2, 0) is 39.9 Å². The topological polar surface area (TPSA) is 122 Å². The molecule has 2 heterocycles. The van der Waals surface area contributed by atoms with E-state index in [2.05, 4.69) is 0 Å². The number of anilines is 1. The first kappa shape index (κ1) is 23.8. The number of carbonyl (C=O) groups is 4. The lowest BCUT2D eigenvalue weighted by Gasteiger charge is -2.41. The molecule has 1 aromatic carbocycles. The fourth-order valence-corrected chi connectivity index (χ4v) is 3.60. The molecule has 176 valence electrons. The normalized spacial score (nSPS) is 20.0. The van der Waals surface area contributed by atoms with Gasteiger partial charge in [-0.05, 0) is 11.6 Å². The number of piperidine rings is 1. The zero-order valence-electron chi connectivity index (χ0n) is 18.5. The van der Waals surface area contributed by atoms with Gasteiger partial charge in [-0.15, -0.1) is 0 Å². The lowest BCUT2D eigenvalue weighted by molar-refractivity contribution is -0.184. The van der Waals surface area contributed by atoms with Crippen molar-refractivity contribution in [2.45, 2.75) is 45.7 Å². The Morgan fingerprint density at radius 1 is 0.879 bits per heavy atom. The molecular weight excluding hydrogens is 434 g/mol. The van der Waals surface area contributed by atoms with Crippen LogP contribution in [0.15, 0.2) is 47.1 Å². The van der Waals surface area contributed by atoms with Gasteiger partial charge in [-0.3, -0.25) is 14.4 Å². The molecule has 0 radical (unpaired) electrons. The molecule has 10 nitrogen and oxygen atoms in total. The molecule has 1 fully saturated rings. The maximum atomic E-state index is 12.7. The minimum absolute atomic E-state index is 0.0295. The Balaban J connectivity index is 1.82. The van der Waals surface area contributed by atoms with E-state index < -0.39 is 42.2 Å². The molecule has 10 heteroatoms. The number of esters is 4. The fourth-order valence-electron chi connectivity index (χ4n) is 3.60. The predicted molar refractivity (Wildman–Crippen MR) is 113 cm³/mol. The van der Waals surface area contributed by atoms with E-state index in [0.717, 1.165) is 5.56 Å². The molecule has 3 rings (SSSR count). The first-order valence-corrected chi connectivity index (χ1v) is 10.3. The molecule has 0 spiro atoms. The van der Waals surface area contributed by atoms with Crippen LogP contribution < -0.4 is 4.90 Å². The minimum atomic E-state index is -1.02. The molecule has 3 atom stereocenters. The molecule has 0 saturated carbocycles. The highest BCUT2D eigenvalue weighted by atomic mass is 16.6. The molecular formula is C23H25NO9. The Morgan fingerprint density at radius 3 is 2.00 bits per heavy atom. The van der Waals surface area contributed by atoms with Crippen LogP contribution in [0.4, 0.5) is 5.88 Å². The second kappa shape index (κ2) is 10.7. The summed E-state index contributed by atoms with van der Waals surface area (Å²) in [7, 11) is 0. The molecule has 2 aromatic rings. The third-order valence-corrected chi connectivity index (χ3v) is 4.83. The summed E-state index contributed by atoms with van der Waals surface area (Å²) in [6, 6.07) is 10.7. The highest BCUT2D eigenvalue weighted by Gasteiger charge is 2.44. The zero-order valence-corrected chi connectivity index (χ0v) is 18.5. The summed E-state index contributed by atoms with van der Waals surface area (Å²) in [6.45, 7) is 3.76. The lowest BCUT2D eigenvalue weighted by atomic mass is 10.0. The van der Waals surface area contributed by atoms with Crippen LogP contribution in [0.1, 0.15) is 36.7 Å². The van der Waals surface area contributed by atoms with Crippen LogP contribution in [0.3, 0.4) is 0 Å². The summed E-state index contributed by atoms with van der Waals surface area (Å²) >= 11 is 0. The summed E-state index contributed by atoms with van der Waals surface area (Å²) in [4.78, 5) is 49.3. The summed E-state index contributed by atoms with van der Waals surface area (Å²) in [6.07, 6.45) is -1.63. The summed E-state index contributed by atoms with van der Waals surface area (Å²) in [5.74, 6) is -2.29. The third-order valence-electron chi connectivity index (χ3n) is 4.83. The van der Waals surface area contributed by atoms with Crippen LogP contribution in [0.25, 0.3) is 0 Å². The Labute approximate surface area is 190 Å². The van der Waals surface area contributed by atoms with E-state index in [-0.39, 0.29) is 31.1 Å². The molecule has 1 aliphatic heterocycles. The predicted octanol–water partition coefficient (Wildman–Crippen LogP) is 2.25. The molecule has 1 aliphatic rings. The number of ether oxygens (including phenoxy) is 4. The van der Waals surface area contributed by atoms with Gasteiger partial charge in [0.05, 0.1) is 19.4 Å². The third kappa shape index (κ3) is 6.34. The van der Waals surface area contributed by atoms with Gasteiger partial charge in [-0.25, -0.2) is 4.79 Å². The summed E-state index contributed by atoms with van der Waals surface area (Å²) in [5, 5.41) is 0. The van der Waals surface area contributed by atoms with Crippen molar-refractivity contribution in [3.05, 3.63) is 53.8 Å². The van der Waals surface area contributed by atoms with Crippen molar-refractivity contribution in [2.75, 3.05) is 18.0 Å². The molecule has 1 saturated heterocycles. The van der Waals surface area contributed by atoms with Crippen LogP contribution in [0.2, 0.25) is 0 Å². The maximum absolute atomic E-state index is 12.7. The van der Waals surface area contributed by atoms with Gasteiger partial charge in [0.15, 0.2) is 18.3 Å². The van der Waals surface area contributed by atoms with Crippen molar-refractivity contribution < 1.29 is 42.5 Å². The number of hydrogen-bond donors (Lipinski definition) is 0. The van der Waals surface area contributed by atoms with Crippen molar-refractivity contribution in [3.63, 3.8) is 0 Å². The van der Waals surface area contributed by atoms with Crippen molar-refractivity contribution in [1.29, 1.82) is 0 Å². The highest BCUT2D eigenvalue weighted by molar-refractivity contribution is 5.94. The SMILES string of the molecule is CC(=O)OC1[C@@H](OC(C)=O)CN(c2occc2C(=O)OCc2ccccc2)C[C@H]1OC(C)=O. The zero-order chi connectivity index (χ0) is 24.0. The van der Waals surface area contributed by atoms with Gasteiger partial charge in [0.25, 0.3) is 0 Å². The lowest BCUT2D eigenvalue weighted by Crippen LogP contribution is -2.59. The average molecular weight is 459 g/mol. The van der Waals surface area contributed by atoms with Gasteiger partial charge in [-0.1, -0.05) is 30.3 Å². The van der Waals surface area contributed by atoms with E-state index in [1.807, 2.05) is 30.3 Å². The molecule has 33 heavy (non-hydrogen) atoms. The standard InChI is InChI=1S/C23H25NO9/c1-14(25)31-19-11-24(12-20(32-15(2)26)21(19)33-16(3)27)22-18(9-10-29-22)23(28)30-13-17-7-5-4-6-8-17/h4-10,19-21H,11-13H2,1-3H3/t19-,20+,21?. The number of nitrogens with zero attached hydrogens (tertiary/aromatic N) is 1. The molecule has 0 N–H and O–H groups in total. The van der Waals surface area contributed by atoms with Gasteiger partial charge < -0.3 is 28.3 Å². The number of hydrogen-bond acceptors (Lipinski definition) is 10. The number of carbonyl (C=O) groups excluding carboxylic acids is 4. The minimum Gasteiger partial charge on any atom is -0.457 e. The van der Waals surface area contributed by atoms with Crippen LogP contribution >= 0.6 is 0 Å². The van der Waals surface area contributed by atoms with Gasteiger partial charge in [0.1, 0.15) is 12.2 Å². The summed E-state index contributed by atoms with van der Waals surface area (Å²) < 4.78 is 26.9. The Kier molecular flexibility index (Phi) is 7.70. The number of rotatable bonds is 7. The number of furan rings is 1. The molecule has 0 bridgehead atoms. The fraction of sp³-hybridized carbons (Fsp3) is 0.391. The quantitative estimate of drug-likeness (QED) is 0.450. The highest BCUT2D eigenvalue weighted by Crippen LogP contribution is 2.30. The molecule has 0 aliphatic carbocycles. The maximum Gasteiger partial charge on any atom is 0.344 e. The van der Waals surface area contributed by atoms with E-state index in [4.69, 9.17) is 23.4 Å². The molecule has 1 unspecified atom stereocenters. The smallest absolute Gasteiger partial charge is 0.344 e. The Bertz CT molecular complexity index is 974. The monoisotopic (exact) mass is 459 g/mol. The second-order valence-electron chi connectivity index (χ2n) is 7.48. The van der Waals surface area contributed by atoms with Crippen molar-refractivity contribution >= 4 is 29.8 Å². The largest absolute Gasteiger partial charge is 0.457 e. The van der Waals surface area contributed by atoms with Gasteiger partial charge in [0, 0.05) is 20.8 Å². The van der Waals surface area contributed by atoms with Gasteiger partial charge >= 0.3 is 23.9 Å². The van der Waals surface area contributed by atoms with E-state index in [0.29, 0.717) is 0 Å². The number of benzene rings is 1. The van der Waals surface area contributed by atoms with E-state index >= 15 is 0 Å². The first-order valence-electron chi connectivity index (χ1n) is 10.3. The van der Waals surface area contributed by atoms with Crippen LogP contribution in [-0.4, -0.2) is 55.3 Å². The second-order valence-corrected chi connectivity index (χ2v) is 7.48. The summed E-state index contributed by atoms with van der Waals surface area (Å²) in [5.41, 5.74) is 0.975. The van der Waals surface area contributed by atoms with Crippen molar-refractivity contribution in [1.82, 2.24) is 0 Å². The molecule has 0 amide bonds. The van der Waals surface area contributed by atoms with Crippen LogP contribution in [0, 0.1) is 0 Å². The Hall–Kier alpha value is -3.82. The van der Waals surface area contributed by atoms with Crippen molar-refractivity contribution in [3.8, 4) is 0 Å². The van der Waals surface area contributed by atoms with Gasteiger partial charge in [-0.2, -0.15) is 0 Å². The van der Waals surface area contributed by atoms with E-state index in [9.17, 15) is 19.2 Å². The van der Waals surface area contributed by atoms with Crippen molar-refractivity contribution in [2.24, 2.45) is 0 Å². The Morgan fingerprint density at radius 2 is 1.45 bits per heavy atom. The molecule has 1 aromatic heterocycles. The van der Waals surface area contributed by atoms with Crippen LogP contribution in [0.5, 0.6) is 0 Å². The average Bonchev–Trinajstić information content (AvgIpc) is 3.24.